The number of nitrogens with one attached hydrogen (secondary N) is 1. The van der Waals surface area contributed by atoms with Gasteiger partial charge in [0.25, 0.3) is 0 Å². The van der Waals surface area contributed by atoms with Crippen molar-refractivity contribution in [3.63, 3.8) is 0 Å². The molecule has 1 aromatic rings. The largest absolute Gasteiger partial charge is 0.311 e. The molecule has 2 heteroatoms. The van der Waals surface area contributed by atoms with Crippen LogP contribution in [-0.4, -0.2) is 12.6 Å². The zero-order valence-electron chi connectivity index (χ0n) is 10.3. The summed E-state index contributed by atoms with van der Waals surface area (Å²) in [5, 5.41) is 3.61. The van der Waals surface area contributed by atoms with Crippen molar-refractivity contribution in [2.75, 3.05) is 6.54 Å². The number of halogens is 1. The Labute approximate surface area is 111 Å². The summed E-state index contributed by atoms with van der Waals surface area (Å²) in [6, 6.07) is 11.2. The van der Waals surface area contributed by atoms with Crippen LogP contribution in [-0.2, 0) is 0 Å². The average Bonchev–Trinajstić information content (AvgIpc) is 2.37. The number of benzene rings is 1. The minimum absolute atomic E-state index is 0. The van der Waals surface area contributed by atoms with Crippen molar-refractivity contribution < 1.29 is 0 Å². The van der Waals surface area contributed by atoms with E-state index < -0.39 is 0 Å². The van der Waals surface area contributed by atoms with Gasteiger partial charge in [0.1, 0.15) is 0 Å². The van der Waals surface area contributed by atoms with Crippen LogP contribution in [0.3, 0.4) is 0 Å². The molecule has 0 aromatic heterocycles. The quantitative estimate of drug-likeness (QED) is 0.852. The summed E-state index contributed by atoms with van der Waals surface area (Å²) >= 11 is 0. The fourth-order valence-corrected chi connectivity index (χ4v) is 2.30. The molecule has 0 radical (unpaired) electrons. The zero-order chi connectivity index (χ0) is 11.1. The molecule has 1 nitrogen and oxygen atoms in total. The summed E-state index contributed by atoms with van der Waals surface area (Å²) in [7, 11) is 0. The van der Waals surface area contributed by atoms with Gasteiger partial charge in [0.05, 0.1) is 0 Å². The maximum absolute atomic E-state index is 3.61. The lowest BCUT2D eigenvalue weighted by Crippen LogP contribution is -2.30. The molecule has 1 N–H and O–H groups in total. The molecule has 1 aromatic carbocycles. The Morgan fingerprint density at radius 1 is 1.06 bits per heavy atom. The van der Waals surface area contributed by atoms with Crippen LogP contribution in [0.25, 0.3) is 6.08 Å². The highest BCUT2D eigenvalue weighted by atomic mass is 35.5. The predicted octanol–water partition coefficient (Wildman–Crippen LogP) is 4.04. The molecule has 17 heavy (non-hydrogen) atoms. The topological polar surface area (TPSA) is 12.0 Å². The molecule has 2 rings (SSSR count). The van der Waals surface area contributed by atoms with E-state index in [0.29, 0.717) is 0 Å². The Balaban J connectivity index is 0.00000144. The van der Waals surface area contributed by atoms with Crippen LogP contribution in [0.1, 0.15) is 37.7 Å². The van der Waals surface area contributed by atoms with Crippen molar-refractivity contribution in [1.29, 1.82) is 0 Å². The molecule has 0 bridgehead atoms. The second kappa shape index (κ2) is 8.32. The fourth-order valence-electron chi connectivity index (χ4n) is 2.30. The first-order chi connectivity index (χ1) is 7.95. The number of rotatable bonds is 4. The van der Waals surface area contributed by atoms with Crippen LogP contribution in [0, 0.1) is 0 Å². The van der Waals surface area contributed by atoms with Crippen LogP contribution < -0.4 is 5.32 Å². The normalized spacial score (nSPS) is 16.9. The molecule has 0 saturated heterocycles. The van der Waals surface area contributed by atoms with Gasteiger partial charge in [-0.3, -0.25) is 0 Å². The van der Waals surface area contributed by atoms with Crippen molar-refractivity contribution in [3.05, 3.63) is 42.0 Å². The molecule has 0 amide bonds. The maximum atomic E-state index is 3.61. The highest BCUT2D eigenvalue weighted by Gasteiger charge is 2.10. The summed E-state index contributed by atoms with van der Waals surface area (Å²) in [6.45, 7) is 1.000. The van der Waals surface area contributed by atoms with E-state index in [1.807, 2.05) is 0 Å². The third-order valence-corrected chi connectivity index (χ3v) is 3.24. The summed E-state index contributed by atoms with van der Waals surface area (Å²) < 4.78 is 0. The van der Waals surface area contributed by atoms with Gasteiger partial charge in [0.15, 0.2) is 0 Å². The number of hydrogen-bond acceptors (Lipinski definition) is 1. The molecule has 1 aliphatic carbocycles. The molecule has 1 saturated carbocycles. The van der Waals surface area contributed by atoms with Gasteiger partial charge in [0, 0.05) is 12.6 Å². The zero-order valence-corrected chi connectivity index (χ0v) is 11.1. The van der Waals surface area contributed by atoms with E-state index in [4.69, 9.17) is 0 Å². The molecule has 0 unspecified atom stereocenters. The first kappa shape index (κ1) is 14.3. The van der Waals surface area contributed by atoms with Gasteiger partial charge < -0.3 is 5.32 Å². The average molecular weight is 252 g/mol. The molecule has 0 aliphatic heterocycles. The highest BCUT2D eigenvalue weighted by Crippen LogP contribution is 2.17. The first-order valence-electron chi connectivity index (χ1n) is 6.40. The van der Waals surface area contributed by atoms with Crippen LogP contribution in [0.15, 0.2) is 36.4 Å². The van der Waals surface area contributed by atoms with E-state index in [1.54, 1.807) is 0 Å². The van der Waals surface area contributed by atoms with Crippen LogP contribution in [0.5, 0.6) is 0 Å². The van der Waals surface area contributed by atoms with Gasteiger partial charge in [0.2, 0.25) is 0 Å². The van der Waals surface area contributed by atoms with Gasteiger partial charge in [-0.25, -0.2) is 0 Å². The van der Waals surface area contributed by atoms with Crippen molar-refractivity contribution in [3.8, 4) is 0 Å². The van der Waals surface area contributed by atoms with Gasteiger partial charge in [-0.1, -0.05) is 61.7 Å². The minimum Gasteiger partial charge on any atom is -0.311 e. The second-order valence-corrected chi connectivity index (χ2v) is 4.56. The van der Waals surface area contributed by atoms with E-state index in [2.05, 4.69) is 47.8 Å². The lowest BCUT2D eigenvalue weighted by atomic mass is 9.95. The summed E-state index contributed by atoms with van der Waals surface area (Å²) in [6.07, 6.45) is 11.4. The summed E-state index contributed by atoms with van der Waals surface area (Å²) in [5.41, 5.74) is 1.29. The molecule has 94 valence electrons. The van der Waals surface area contributed by atoms with Gasteiger partial charge in [-0.2, -0.15) is 0 Å². The highest BCUT2D eigenvalue weighted by molar-refractivity contribution is 5.85. The van der Waals surface area contributed by atoms with Crippen LogP contribution in [0.4, 0.5) is 0 Å². The molecular formula is C15H22ClN. The van der Waals surface area contributed by atoms with Crippen molar-refractivity contribution in [2.45, 2.75) is 38.1 Å². The Morgan fingerprint density at radius 3 is 2.47 bits per heavy atom. The van der Waals surface area contributed by atoms with Crippen molar-refractivity contribution in [2.24, 2.45) is 0 Å². The summed E-state index contributed by atoms with van der Waals surface area (Å²) in [5.74, 6) is 0. The standard InChI is InChI=1S/C15H21N.ClH/c1-3-8-14(9-4-1)10-7-13-16-15-11-5-2-6-12-15;/h1,3-4,7-10,15-16H,2,5-6,11-13H2;1H. The predicted molar refractivity (Wildman–Crippen MR) is 77.6 cm³/mol. The lowest BCUT2D eigenvalue weighted by Gasteiger charge is -2.21. The smallest absolute Gasteiger partial charge is 0.0140 e. The minimum atomic E-state index is 0. The third-order valence-electron chi connectivity index (χ3n) is 3.24. The van der Waals surface area contributed by atoms with Gasteiger partial charge >= 0.3 is 0 Å². The van der Waals surface area contributed by atoms with Crippen molar-refractivity contribution >= 4 is 18.5 Å². The molecule has 0 spiro atoms. The Bertz CT molecular complexity index is 315. The Hall–Kier alpha value is -0.790. The Morgan fingerprint density at radius 2 is 1.76 bits per heavy atom. The molecular weight excluding hydrogens is 230 g/mol. The third kappa shape index (κ3) is 5.38. The van der Waals surface area contributed by atoms with Gasteiger partial charge in [-0.15, -0.1) is 12.4 Å². The van der Waals surface area contributed by atoms with E-state index in [-0.39, 0.29) is 12.4 Å². The first-order valence-corrected chi connectivity index (χ1v) is 6.40. The van der Waals surface area contributed by atoms with E-state index in [0.717, 1.165) is 12.6 Å². The second-order valence-electron chi connectivity index (χ2n) is 4.56. The van der Waals surface area contributed by atoms with E-state index in [9.17, 15) is 0 Å². The van der Waals surface area contributed by atoms with Gasteiger partial charge in [-0.05, 0) is 18.4 Å². The Kier molecular flexibility index (Phi) is 6.99. The SMILES string of the molecule is C(=Cc1ccccc1)CNC1CCCCC1.Cl. The molecule has 0 atom stereocenters. The molecule has 1 fully saturated rings. The van der Waals surface area contributed by atoms with E-state index in [1.165, 1.54) is 37.7 Å². The summed E-state index contributed by atoms with van der Waals surface area (Å²) in [4.78, 5) is 0. The lowest BCUT2D eigenvalue weighted by molar-refractivity contribution is 0.385. The maximum Gasteiger partial charge on any atom is 0.0140 e. The van der Waals surface area contributed by atoms with Crippen molar-refractivity contribution in [1.82, 2.24) is 5.32 Å². The van der Waals surface area contributed by atoms with Crippen LogP contribution >= 0.6 is 12.4 Å². The van der Waals surface area contributed by atoms with E-state index >= 15 is 0 Å². The fraction of sp³-hybridized carbons (Fsp3) is 0.467. The van der Waals surface area contributed by atoms with Crippen LogP contribution in [0.2, 0.25) is 0 Å². The number of hydrogen-bond donors (Lipinski definition) is 1. The molecule has 1 aliphatic rings. The molecule has 0 heterocycles. The monoisotopic (exact) mass is 251 g/mol.